The van der Waals surface area contributed by atoms with Crippen LogP contribution < -0.4 is 10.6 Å². The summed E-state index contributed by atoms with van der Waals surface area (Å²) >= 11 is 0. The standard InChI is InChI=1S/C18H29N3O4/c1-4-6-13(15(22)17(24)19-12-8-9-12)20-16(23)14-7-5-10-21(14)18(25)11(2)3/h11-14H,4-10H2,1-3H3,(H,19,24)(H,20,23)/t13?,14-/m0/s1. The topological polar surface area (TPSA) is 95.6 Å². The van der Waals surface area contributed by atoms with Gasteiger partial charge < -0.3 is 15.5 Å². The predicted molar refractivity (Wildman–Crippen MR) is 92.6 cm³/mol. The van der Waals surface area contributed by atoms with Crippen LogP contribution >= 0.6 is 0 Å². The van der Waals surface area contributed by atoms with Crippen LogP contribution in [-0.2, 0) is 19.2 Å². The van der Waals surface area contributed by atoms with E-state index >= 15 is 0 Å². The lowest BCUT2D eigenvalue weighted by Gasteiger charge is -2.27. The number of carbonyl (C=O) groups excluding carboxylic acids is 4. The molecule has 0 spiro atoms. The van der Waals surface area contributed by atoms with Crippen LogP contribution in [0.5, 0.6) is 0 Å². The Labute approximate surface area is 148 Å². The molecule has 1 heterocycles. The van der Waals surface area contributed by atoms with E-state index < -0.39 is 23.8 Å². The van der Waals surface area contributed by atoms with E-state index in [1.54, 1.807) is 18.7 Å². The largest absolute Gasteiger partial charge is 0.347 e. The Morgan fingerprint density at radius 2 is 1.80 bits per heavy atom. The molecule has 1 aliphatic heterocycles. The molecule has 1 unspecified atom stereocenters. The molecule has 3 amide bonds. The van der Waals surface area contributed by atoms with E-state index in [2.05, 4.69) is 10.6 Å². The number of hydrogen-bond acceptors (Lipinski definition) is 4. The van der Waals surface area contributed by atoms with Crippen LogP contribution in [0.3, 0.4) is 0 Å². The number of likely N-dealkylation sites (tertiary alicyclic amines) is 1. The number of rotatable bonds is 8. The van der Waals surface area contributed by atoms with Crippen LogP contribution in [0.15, 0.2) is 0 Å². The molecule has 2 aliphatic rings. The first-order valence-electron chi connectivity index (χ1n) is 9.30. The van der Waals surface area contributed by atoms with Crippen LogP contribution in [-0.4, -0.2) is 53.1 Å². The van der Waals surface area contributed by atoms with Crippen LogP contribution in [0.4, 0.5) is 0 Å². The van der Waals surface area contributed by atoms with Crippen molar-refractivity contribution >= 4 is 23.5 Å². The number of carbonyl (C=O) groups is 4. The van der Waals surface area contributed by atoms with Gasteiger partial charge >= 0.3 is 0 Å². The quantitative estimate of drug-likeness (QED) is 0.631. The molecule has 0 aromatic carbocycles. The van der Waals surface area contributed by atoms with Crippen molar-refractivity contribution in [3.63, 3.8) is 0 Å². The molecule has 0 radical (unpaired) electrons. The van der Waals surface area contributed by atoms with Gasteiger partial charge in [-0.1, -0.05) is 27.2 Å². The molecule has 2 rings (SSSR count). The van der Waals surface area contributed by atoms with E-state index in [1.807, 2.05) is 6.92 Å². The lowest BCUT2D eigenvalue weighted by molar-refractivity contribution is -0.143. The molecule has 7 heteroatoms. The van der Waals surface area contributed by atoms with Gasteiger partial charge in [0, 0.05) is 18.5 Å². The second kappa shape index (κ2) is 8.45. The molecule has 1 saturated carbocycles. The zero-order chi connectivity index (χ0) is 18.6. The van der Waals surface area contributed by atoms with Crippen molar-refractivity contribution in [3.8, 4) is 0 Å². The monoisotopic (exact) mass is 351 g/mol. The fourth-order valence-corrected chi connectivity index (χ4v) is 3.10. The van der Waals surface area contributed by atoms with Crippen LogP contribution in [0, 0.1) is 5.92 Å². The minimum absolute atomic E-state index is 0.0532. The molecule has 7 nitrogen and oxygen atoms in total. The minimum atomic E-state index is -0.826. The maximum Gasteiger partial charge on any atom is 0.289 e. The molecular formula is C18H29N3O4. The van der Waals surface area contributed by atoms with Crippen molar-refractivity contribution < 1.29 is 19.2 Å². The molecule has 1 saturated heterocycles. The van der Waals surface area contributed by atoms with Crippen molar-refractivity contribution in [2.75, 3.05) is 6.54 Å². The van der Waals surface area contributed by atoms with Gasteiger partial charge in [0.2, 0.25) is 17.6 Å². The van der Waals surface area contributed by atoms with Gasteiger partial charge in [-0.2, -0.15) is 0 Å². The van der Waals surface area contributed by atoms with Gasteiger partial charge in [0.15, 0.2) is 0 Å². The van der Waals surface area contributed by atoms with Gasteiger partial charge in [0.05, 0.1) is 6.04 Å². The molecule has 1 aliphatic carbocycles. The smallest absolute Gasteiger partial charge is 0.289 e. The molecule has 25 heavy (non-hydrogen) atoms. The Bertz CT molecular complexity index is 542. The summed E-state index contributed by atoms with van der Waals surface area (Å²) < 4.78 is 0. The van der Waals surface area contributed by atoms with Gasteiger partial charge in [0.1, 0.15) is 6.04 Å². The summed E-state index contributed by atoms with van der Waals surface area (Å²) in [5, 5.41) is 5.39. The molecule has 0 aromatic rings. The zero-order valence-corrected chi connectivity index (χ0v) is 15.3. The van der Waals surface area contributed by atoms with Gasteiger partial charge in [-0.3, -0.25) is 19.2 Å². The number of nitrogens with zero attached hydrogens (tertiary/aromatic N) is 1. The van der Waals surface area contributed by atoms with Gasteiger partial charge in [-0.15, -0.1) is 0 Å². The Morgan fingerprint density at radius 3 is 2.36 bits per heavy atom. The molecule has 2 N–H and O–H groups in total. The van der Waals surface area contributed by atoms with Gasteiger partial charge in [-0.05, 0) is 32.1 Å². The highest BCUT2D eigenvalue weighted by Crippen LogP contribution is 2.21. The van der Waals surface area contributed by atoms with Crippen molar-refractivity contribution in [1.29, 1.82) is 0 Å². The summed E-state index contributed by atoms with van der Waals surface area (Å²) in [7, 11) is 0. The van der Waals surface area contributed by atoms with Gasteiger partial charge in [-0.25, -0.2) is 0 Å². The predicted octanol–water partition coefficient (Wildman–Crippen LogP) is 0.766. The summed E-state index contributed by atoms with van der Waals surface area (Å²) in [5.41, 5.74) is 0. The van der Waals surface area contributed by atoms with Crippen molar-refractivity contribution in [2.24, 2.45) is 5.92 Å². The molecule has 2 atom stereocenters. The number of amides is 3. The fourth-order valence-electron chi connectivity index (χ4n) is 3.10. The van der Waals surface area contributed by atoms with Crippen LogP contribution in [0.1, 0.15) is 59.3 Å². The fraction of sp³-hybridized carbons (Fsp3) is 0.778. The average Bonchev–Trinajstić information content (AvgIpc) is 3.24. The normalized spacial score (nSPS) is 21.1. The van der Waals surface area contributed by atoms with Gasteiger partial charge in [0.25, 0.3) is 5.91 Å². The number of ketones is 1. The second-order valence-electron chi connectivity index (χ2n) is 7.31. The molecule has 0 bridgehead atoms. The zero-order valence-electron chi connectivity index (χ0n) is 15.3. The Morgan fingerprint density at radius 1 is 1.12 bits per heavy atom. The number of hydrogen-bond donors (Lipinski definition) is 2. The summed E-state index contributed by atoms with van der Waals surface area (Å²) in [5.74, 6) is -1.78. The van der Waals surface area contributed by atoms with Crippen molar-refractivity contribution in [2.45, 2.75) is 77.4 Å². The average molecular weight is 351 g/mol. The molecule has 140 valence electrons. The highest BCUT2D eigenvalue weighted by molar-refractivity contribution is 6.38. The first-order chi connectivity index (χ1) is 11.8. The highest BCUT2D eigenvalue weighted by atomic mass is 16.2. The van der Waals surface area contributed by atoms with E-state index in [0.717, 1.165) is 19.3 Å². The Balaban J connectivity index is 1.99. The summed E-state index contributed by atoms with van der Waals surface area (Å²) in [6, 6.07) is -1.27. The molecule has 0 aromatic heterocycles. The first kappa shape index (κ1) is 19.4. The van der Waals surface area contributed by atoms with E-state index in [1.165, 1.54) is 0 Å². The first-order valence-corrected chi connectivity index (χ1v) is 9.30. The SMILES string of the molecule is CCCC(NC(=O)[C@@H]1CCCN1C(=O)C(C)C)C(=O)C(=O)NC1CC1. The number of Topliss-reactive ketones (excluding diaryl/α,β-unsaturated/α-hetero) is 1. The summed E-state index contributed by atoms with van der Waals surface area (Å²) in [6.07, 6.45) is 4.24. The van der Waals surface area contributed by atoms with Crippen LogP contribution in [0.25, 0.3) is 0 Å². The maximum atomic E-state index is 12.6. The van der Waals surface area contributed by atoms with Crippen LogP contribution in [0.2, 0.25) is 0 Å². The van der Waals surface area contributed by atoms with E-state index in [9.17, 15) is 19.2 Å². The summed E-state index contributed by atoms with van der Waals surface area (Å²) in [6.45, 7) is 6.07. The third-order valence-corrected chi connectivity index (χ3v) is 4.68. The van der Waals surface area contributed by atoms with Crippen molar-refractivity contribution in [1.82, 2.24) is 15.5 Å². The molecule has 2 fully saturated rings. The summed E-state index contributed by atoms with van der Waals surface area (Å²) in [4.78, 5) is 50.9. The van der Waals surface area contributed by atoms with E-state index in [0.29, 0.717) is 25.8 Å². The lowest BCUT2D eigenvalue weighted by Crippen LogP contribution is -2.53. The Kier molecular flexibility index (Phi) is 6.56. The lowest BCUT2D eigenvalue weighted by atomic mass is 10.0. The third-order valence-electron chi connectivity index (χ3n) is 4.68. The third kappa shape index (κ3) is 5.03. The minimum Gasteiger partial charge on any atom is -0.347 e. The highest BCUT2D eigenvalue weighted by Gasteiger charge is 2.37. The molecular weight excluding hydrogens is 322 g/mol. The second-order valence-corrected chi connectivity index (χ2v) is 7.31. The van der Waals surface area contributed by atoms with E-state index in [4.69, 9.17) is 0 Å². The maximum absolute atomic E-state index is 12.6. The Hall–Kier alpha value is -1.92. The number of nitrogens with one attached hydrogen (secondary N) is 2. The van der Waals surface area contributed by atoms with Crippen molar-refractivity contribution in [3.05, 3.63) is 0 Å². The van der Waals surface area contributed by atoms with E-state index in [-0.39, 0.29) is 23.8 Å².